The third-order valence-corrected chi connectivity index (χ3v) is 4.78. The molecule has 142 valence electrons. The van der Waals surface area contributed by atoms with Crippen LogP contribution in [0.3, 0.4) is 0 Å². The largest absolute Gasteiger partial charge is 0.378 e. The first-order valence-electron chi connectivity index (χ1n) is 9.11. The van der Waals surface area contributed by atoms with Crippen LogP contribution in [0.15, 0.2) is 41.5 Å². The minimum absolute atomic E-state index is 0.256. The molecule has 6 heteroatoms. The molecular weight excluding hydrogens is 343 g/mol. The van der Waals surface area contributed by atoms with E-state index in [-0.39, 0.29) is 11.7 Å². The van der Waals surface area contributed by atoms with E-state index in [9.17, 15) is 9.18 Å². The molecule has 1 aliphatic rings. The lowest BCUT2D eigenvalue weighted by atomic mass is 10.1. The van der Waals surface area contributed by atoms with E-state index in [0.29, 0.717) is 16.8 Å². The first-order valence-corrected chi connectivity index (χ1v) is 9.11. The second-order valence-electron chi connectivity index (χ2n) is 7.00. The average molecular weight is 368 g/mol. The molecule has 0 unspecified atom stereocenters. The third kappa shape index (κ3) is 4.45. The zero-order chi connectivity index (χ0) is 19.4. The van der Waals surface area contributed by atoms with Gasteiger partial charge in [0.1, 0.15) is 5.82 Å². The number of nitrogens with one attached hydrogen (secondary N) is 1. The molecule has 0 bridgehead atoms. The molecule has 1 aliphatic heterocycles. The average Bonchev–Trinajstić information content (AvgIpc) is 3.18. The molecule has 1 N–H and O–H groups in total. The zero-order valence-electron chi connectivity index (χ0n) is 16.0. The number of hydrazone groups is 1. The Labute approximate surface area is 159 Å². The van der Waals surface area contributed by atoms with Crippen molar-refractivity contribution in [3.8, 4) is 0 Å². The smallest absolute Gasteiger partial charge is 0.271 e. The number of hydrogen-bond acceptors (Lipinski definition) is 4. The summed E-state index contributed by atoms with van der Waals surface area (Å²) >= 11 is 0. The van der Waals surface area contributed by atoms with Gasteiger partial charge in [-0.1, -0.05) is 6.07 Å². The van der Waals surface area contributed by atoms with Crippen molar-refractivity contribution < 1.29 is 9.18 Å². The lowest BCUT2D eigenvalue weighted by Crippen LogP contribution is -2.20. The van der Waals surface area contributed by atoms with Crippen LogP contribution in [0.2, 0.25) is 0 Å². The zero-order valence-corrected chi connectivity index (χ0v) is 16.0. The van der Waals surface area contributed by atoms with Crippen molar-refractivity contribution in [1.29, 1.82) is 0 Å². The number of benzene rings is 2. The molecule has 3 rings (SSSR count). The van der Waals surface area contributed by atoms with E-state index in [0.717, 1.165) is 37.2 Å². The predicted molar refractivity (Wildman–Crippen MR) is 108 cm³/mol. The van der Waals surface area contributed by atoms with Gasteiger partial charge in [0.25, 0.3) is 5.91 Å². The lowest BCUT2D eigenvalue weighted by molar-refractivity contribution is 0.0955. The van der Waals surface area contributed by atoms with Crippen molar-refractivity contribution >= 4 is 23.5 Å². The van der Waals surface area contributed by atoms with Crippen molar-refractivity contribution in [3.05, 3.63) is 58.9 Å². The molecule has 0 aromatic heterocycles. The molecule has 0 spiro atoms. The molecule has 1 amide bonds. The predicted octanol–water partition coefficient (Wildman–Crippen LogP) is 3.56. The quantitative estimate of drug-likeness (QED) is 0.648. The van der Waals surface area contributed by atoms with Crippen LogP contribution in [0.25, 0.3) is 0 Å². The van der Waals surface area contributed by atoms with Gasteiger partial charge in [-0.3, -0.25) is 4.79 Å². The maximum atomic E-state index is 14.5. The van der Waals surface area contributed by atoms with Crippen molar-refractivity contribution in [2.24, 2.45) is 5.10 Å². The second kappa shape index (κ2) is 8.20. The number of aryl methyl sites for hydroxylation is 1. The van der Waals surface area contributed by atoms with E-state index < -0.39 is 0 Å². The van der Waals surface area contributed by atoms with Crippen molar-refractivity contribution in [2.45, 2.75) is 19.8 Å². The van der Waals surface area contributed by atoms with E-state index in [1.54, 1.807) is 12.1 Å². The SMILES string of the molecule is Cc1cc(N2CCCC2)c(F)cc1C=NNC(=O)c1cccc(N(C)C)c1. The first kappa shape index (κ1) is 18.9. The molecule has 0 radical (unpaired) electrons. The van der Waals surface area contributed by atoms with Crippen LogP contribution < -0.4 is 15.2 Å². The number of anilines is 2. The van der Waals surface area contributed by atoms with Crippen molar-refractivity contribution in [3.63, 3.8) is 0 Å². The van der Waals surface area contributed by atoms with Gasteiger partial charge in [0, 0.05) is 44.0 Å². The Morgan fingerprint density at radius 1 is 1.22 bits per heavy atom. The molecule has 1 fully saturated rings. The van der Waals surface area contributed by atoms with Gasteiger partial charge in [-0.15, -0.1) is 0 Å². The van der Waals surface area contributed by atoms with Crippen molar-refractivity contribution in [1.82, 2.24) is 5.43 Å². The number of amides is 1. The summed E-state index contributed by atoms with van der Waals surface area (Å²) in [6, 6.07) is 10.6. The maximum absolute atomic E-state index is 14.5. The summed E-state index contributed by atoms with van der Waals surface area (Å²) in [5.41, 5.74) is 6.18. The Hall–Kier alpha value is -2.89. The van der Waals surface area contributed by atoms with Gasteiger partial charge in [0.05, 0.1) is 11.9 Å². The van der Waals surface area contributed by atoms with Crippen molar-refractivity contribution in [2.75, 3.05) is 37.0 Å². The summed E-state index contributed by atoms with van der Waals surface area (Å²) in [4.78, 5) is 16.3. The Bertz CT molecular complexity index is 857. The number of carbonyl (C=O) groups is 1. The first-order chi connectivity index (χ1) is 13.0. The lowest BCUT2D eigenvalue weighted by Gasteiger charge is -2.19. The van der Waals surface area contributed by atoms with Gasteiger partial charge in [-0.2, -0.15) is 5.10 Å². The summed E-state index contributed by atoms with van der Waals surface area (Å²) < 4.78 is 14.5. The van der Waals surface area contributed by atoms with Crippen LogP contribution in [0.1, 0.15) is 34.3 Å². The van der Waals surface area contributed by atoms with Crippen LogP contribution in [-0.4, -0.2) is 39.3 Å². The highest BCUT2D eigenvalue weighted by molar-refractivity contribution is 5.95. The highest BCUT2D eigenvalue weighted by atomic mass is 19.1. The van der Waals surface area contributed by atoms with Gasteiger partial charge in [0.15, 0.2) is 0 Å². The molecular formula is C21H25FN4O. The van der Waals surface area contributed by atoms with Crippen LogP contribution in [0, 0.1) is 12.7 Å². The summed E-state index contributed by atoms with van der Waals surface area (Å²) in [7, 11) is 3.83. The fourth-order valence-corrected chi connectivity index (χ4v) is 3.17. The van der Waals surface area contributed by atoms with Crippen LogP contribution in [0.4, 0.5) is 15.8 Å². The van der Waals surface area contributed by atoms with Gasteiger partial charge < -0.3 is 9.80 Å². The number of hydrogen-bond donors (Lipinski definition) is 1. The molecule has 0 aliphatic carbocycles. The Balaban J connectivity index is 1.70. The molecule has 2 aromatic carbocycles. The monoisotopic (exact) mass is 368 g/mol. The Morgan fingerprint density at radius 2 is 1.96 bits per heavy atom. The minimum Gasteiger partial charge on any atom is -0.378 e. The molecule has 0 atom stereocenters. The molecule has 2 aromatic rings. The van der Waals surface area contributed by atoms with E-state index in [4.69, 9.17) is 0 Å². The molecule has 27 heavy (non-hydrogen) atoms. The summed E-state index contributed by atoms with van der Waals surface area (Å²) in [5, 5.41) is 4.00. The Kier molecular flexibility index (Phi) is 5.74. The van der Waals surface area contributed by atoms with E-state index in [1.807, 2.05) is 44.1 Å². The topological polar surface area (TPSA) is 47.9 Å². The van der Waals surface area contributed by atoms with Crippen LogP contribution in [-0.2, 0) is 0 Å². The van der Waals surface area contributed by atoms with Gasteiger partial charge in [-0.05, 0) is 55.7 Å². The number of carbonyl (C=O) groups excluding carboxylic acids is 1. The fraction of sp³-hybridized carbons (Fsp3) is 0.333. The molecule has 0 saturated carbocycles. The number of nitrogens with zero attached hydrogens (tertiary/aromatic N) is 3. The highest BCUT2D eigenvalue weighted by Crippen LogP contribution is 2.26. The standard InChI is InChI=1S/C21H25FN4O/c1-15-11-20(26-9-4-5-10-26)19(22)13-17(15)14-23-24-21(27)16-7-6-8-18(12-16)25(2)3/h6-8,11-14H,4-5,9-10H2,1-3H3,(H,24,27). The molecule has 1 heterocycles. The third-order valence-electron chi connectivity index (χ3n) is 4.78. The van der Waals surface area contributed by atoms with Crippen LogP contribution in [0.5, 0.6) is 0 Å². The highest BCUT2D eigenvalue weighted by Gasteiger charge is 2.17. The fourth-order valence-electron chi connectivity index (χ4n) is 3.17. The normalized spacial score (nSPS) is 14.0. The molecule has 1 saturated heterocycles. The summed E-state index contributed by atoms with van der Waals surface area (Å²) in [6.07, 6.45) is 3.69. The molecule has 5 nitrogen and oxygen atoms in total. The van der Waals surface area contributed by atoms with E-state index >= 15 is 0 Å². The van der Waals surface area contributed by atoms with E-state index in [1.165, 1.54) is 12.3 Å². The van der Waals surface area contributed by atoms with Gasteiger partial charge >= 0.3 is 0 Å². The number of halogens is 1. The van der Waals surface area contributed by atoms with Gasteiger partial charge in [-0.25, -0.2) is 9.82 Å². The summed E-state index contributed by atoms with van der Waals surface area (Å²) in [5.74, 6) is -0.560. The van der Waals surface area contributed by atoms with Crippen LogP contribution >= 0.6 is 0 Å². The minimum atomic E-state index is -0.304. The second-order valence-corrected chi connectivity index (χ2v) is 7.00. The van der Waals surface area contributed by atoms with Gasteiger partial charge in [0.2, 0.25) is 0 Å². The Morgan fingerprint density at radius 3 is 2.67 bits per heavy atom. The summed E-state index contributed by atoms with van der Waals surface area (Å²) in [6.45, 7) is 3.71. The number of rotatable bonds is 5. The maximum Gasteiger partial charge on any atom is 0.271 e. The van der Waals surface area contributed by atoms with E-state index in [2.05, 4.69) is 15.4 Å².